The van der Waals surface area contributed by atoms with E-state index in [1.807, 2.05) is 0 Å². The molecule has 0 aromatic heterocycles. The summed E-state index contributed by atoms with van der Waals surface area (Å²) in [6, 6.07) is 89.7. The molecule has 0 aliphatic carbocycles. The van der Waals surface area contributed by atoms with E-state index >= 15 is 0 Å². The molecule has 0 heterocycles. The van der Waals surface area contributed by atoms with Crippen LogP contribution in [0.3, 0.4) is 0 Å². The number of benzene rings is 10. The summed E-state index contributed by atoms with van der Waals surface area (Å²) in [6.45, 7) is 0. The fraction of sp³-hybridized carbons (Fsp3) is 0. The van der Waals surface area contributed by atoms with Gasteiger partial charge in [0.2, 0.25) is 0 Å². The first kappa shape index (κ1) is 35.7. The summed E-state index contributed by atoms with van der Waals surface area (Å²) < 4.78 is 0. The zero-order chi connectivity index (χ0) is 39.4. The van der Waals surface area contributed by atoms with Crippen LogP contribution in [-0.4, -0.2) is 0 Å². The van der Waals surface area contributed by atoms with E-state index < -0.39 is 0 Å². The van der Waals surface area contributed by atoms with E-state index in [9.17, 15) is 0 Å². The smallest absolute Gasteiger partial charge is 0.0462 e. The number of fused-ring (bicyclic) bond motifs is 1. The molecule has 59 heavy (non-hydrogen) atoms. The van der Waals surface area contributed by atoms with Gasteiger partial charge in [-0.05, 0) is 126 Å². The summed E-state index contributed by atoms with van der Waals surface area (Å²) in [6.07, 6.45) is 0. The zero-order valence-electron chi connectivity index (χ0n) is 32.6. The average molecular weight is 752 g/mol. The maximum Gasteiger partial charge on any atom is 0.0462 e. The van der Waals surface area contributed by atoms with E-state index in [0.717, 1.165) is 17.1 Å². The molecule has 0 radical (unpaired) electrons. The van der Waals surface area contributed by atoms with Crippen molar-refractivity contribution in [2.45, 2.75) is 0 Å². The van der Waals surface area contributed by atoms with Crippen LogP contribution in [0.2, 0.25) is 0 Å². The number of anilines is 3. The summed E-state index contributed by atoms with van der Waals surface area (Å²) in [7, 11) is 0. The van der Waals surface area contributed by atoms with Crippen LogP contribution in [0.4, 0.5) is 17.1 Å². The fourth-order valence-electron chi connectivity index (χ4n) is 8.30. The average Bonchev–Trinajstić information content (AvgIpc) is 3.33. The van der Waals surface area contributed by atoms with Gasteiger partial charge in [-0.1, -0.05) is 200 Å². The molecule has 10 aromatic rings. The van der Waals surface area contributed by atoms with Gasteiger partial charge in [0.1, 0.15) is 0 Å². The first-order valence-corrected chi connectivity index (χ1v) is 20.2. The minimum atomic E-state index is 1.09. The van der Waals surface area contributed by atoms with Crippen molar-refractivity contribution in [3.8, 4) is 66.8 Å². The van der Waals surface area contributed by atoms with E-state index in [-0.39, 0.29) is 0 Å². The molecule has 0 unspecified atom stereocenters. The number of rotatable bonds is 9. The predicted molar refractivity (Wildman–Crippen MR) is 251 cm³/mol. The Morgan fingerprint density at radius 1 is 0.203 bits per heavy atom. The van der Waals surface area contributed by atoms with Crippen molar-refractivity contribution in [1.82, 2.24) is 0 Å². The molecule has 0 bridgehead atoms. The molecule has 10 aromatic carbocycles. The second kappa shape index (κ2) is 16.0. The van der Waals surface area contributed by atoms with Gasteiger partial charge < -0.3 is 4.90 Å². The second-order valence-corrected chi connectivity index (χ2v) is 14.9. The lowest BCUT2D eigenvalue weighted by molar-refractivity contribution is 1.28. The molecule has 278 valence electrons. The fourth-order valence-corrected chi connectivity index (χ4v) is 8.30. The van der Waals surface area contributed by atoms with Crippen LogP contribution in [0.5, 0.6) is 0 Å². The number of nitrogens with zero attached hydrogens (tertiary/aromatic N) is 1. The molecule has 0 fully saturated rings. The van der Waals surface area contributed by atoms with Crippen molar-refractivity contribution in [3.63, 3.8) is 0 Å². The third kappa shape index (κ3) is 7.34. The highest BCUT2D eigenvalue weighted by atomic mass is 15.1. The Balaban J connectivity index is 1.01. The molecule has 0 aliphatic rings. The van der Waals surface area contributed by atoms with Crippen LogP contribution in [0.15, 0.2) is 249 Å². The normalized spacial score (nSPS) is 11.1. The van der Waals surface area contributed by atoms with Crippen LogP contribution < -0.4 is 4.90 Å². The van der Waals surface area contributed by atoms with Crippen molar-refractivity contribution in [2.75, 3.05) is 4.90 Å². The van der Waals surface area contributed by atoms with Gasteiger partial charge in [-0.2, -0.15) is 0 Å². The van der Waals surface area contributed by atoms with Gasteiger partial charge in [0, 0.05) is 17.1 Å². The highest BCUT2D eigenvalue weighted by molar-refractivity contribution is 5.97. The highest BCUT2D eigenvalue weighted by Crippen LogP contribution is 2.40. The third-order valence-electron chi connectivity index (χ3n) is 11.3. The third-order valence-corrected chi connectivity index (χ3v) is 11.3. The van der Waals surface area contributed by atoms with Crippen LogP contribution >= 0.6 is 0 Å². The predicted octanol–water partition coefficient (Wildman–Crippen LogP) is 16.3. The Kier molecular flexibility index (Phi) is 9.68. The van der Waals surface area contributed by atoms with Gasteiger partial charge in [-0.15, -0.1) is 0 Å². The summed E-state index contributed by atoms with van der Waals surface area (Å²) >= 11 is 0. The Morgan fingerprint density at radius 3 is 1.10 bits per heavy atom. The molecule has 10 rings (SSSR count). The van der Waals surface area contributed by atoms with Gasteiger partial charge in [0.25, 0.3) is 0 Å². The zero-order valence-corrected chi connectivity index (χ0v) is 32.6. The molecule has 1 heteroatoms. The largest absolute Gasteiger partial charge is 0.311 e. The molecular weight excluding hydrogens is 711 g/mol. The number of hydrogen-bond donors (Lipinski definition) is 0. The maximum absolute atomic E-state index is 2.35. The molecule has 0 N–H and O–H groups in total. The Hall–Kier alpha value is -7.74. The van der Waals surface area contributed by atoms with E-state index in [4.69, 9.17) is 0 Å². The van der Waals surface area contributed by atoms with E-state index in [0.29, 0.717) is 0 Å². The molecule has 0 aliphatic heterocycles. The van der Waals surface area contributed by atoms with Gasteiger partial charge in [0.05, 0.1) is 0 Å². The summed E-state index contributed by atoms with van der Waals surface area (Å²) in [5.41, 5.74) is 17.8. The second-order valence-electron chi connectivity index (χ2n) is 14.9. The van der Waals surface area contributed by atoms with Crippen LogP contribution in [0.1, 0.15) is 0 Å². The maximum atomic E-state index is 2.35. The van der Waals surface area contributed by atoms with Gasteiger partial charge >= 0.3 is 0 Å². The Bertz CT molecular complexity index is 3000. The quantitative estimate of drug-likeness (QED) is 0.142. The van der Waals surface area contributed by atoms with Crippen LogP contribution in [0.25, 0.3) is 77.5 Å². The summed E-state index contributed by atoms with van der Waals surface area (Å²) in [5.74, 6) is 0. The number of hydrogen-bond acceptors (Lipinski definition) is 1. The molecule has 0 atom stereocenters. The Labute approximate surface area is 346 Å². The molecule has 0 spiro atoms. The molecule has 0 saturated heterocycles. The van der Waals surface area contributed by atoms with Crippen molar-refractivity contribution < 1.29 is 0 Å². The van der Waals surface area contributed by atoms with Gasteiger partial charge in [-0.3, -0.25) is 0 Å². The van der Waals surface area contributed by atoms with E-state index in [1.165, 1.54) is 77.5 Å². The molecule has 0 saturated carbocycles. The Morgan fingerprint density at radius 2 is 0.542 bits per heavy atom. The minimum Gasteiger partial charge on any atom is -0.311 e. The minimum absolute atomic E-state index is 1.09. The molecular formula is C58H41N. The van der Waals surface area contributed by atoms with Gasteiger partial charge in [0.15, 0.2) is 0 Å². The lowest BCUT2D eigenvalue weighted by Crippen LogP contribution is -2.09. The van der Waals surface area contributed by atoms with Crippen molar-refractivity contribution >= 4 is 27.8 Å². The lowest BCUT2D eigenvalue weighted by Gasteiger charge is -2.26. The summed E-state index contributed by atoms with van der Waals surface area (Å²) in [5, 5.41) is 2.52. The lowest BCUT2D eigenvalue weighted by atomic mass is 9.94. The van der Waals surface area contributed by atoms with Gasteiger partial charge in [-0.25, -0.2) is 0 Å². The van der Waals surface area contributed by atoms with Crippen molar-refractivity contribution in [2.24, 2.45) is 0 Å². The van der Waals surface area contributed by atoms with Crippen LogP contribution in [0, 0.1) is 0 Å². The van der Waals surface area contributed by atoms with Crippen LogP contribution in [-0.2, 0) is 0 Å². The van der Waals surface area contributed by atoms with E-state index in [1.54, 1.807) is 0 Å². The molecule has 0 amide bonds. The SMILES string of the molecule is c1ccc(-c2cccc(-c3ccc(N(c4ccc(-c5cccc(-c6cccc7ccccc67)c5)cc4)c4ccc(-c5ccccc5-c5ccccc5)cc4)cc3)c2)cc1. The molecule has 1 nitrogen and oxygen atoms in total. The first-order valence-electron chi connectivity index (χ1n) is 20.2. The standard InChI is InChI=1S/C58H41N/c1-3-14-42(15-4-1)48-20-11-21-49(40-48)43-28-34-52(35-29-43)59(54-38-32-47(33-39-54)57-26-10-9-25-55(57)45-16-5-2-6-17-45)53-36-30-44(31-37-53)50-22-12-23-51(41-50)58-27-13-19-46-18-7-8-24-56(46)58/h1-41H. The monoisotopic (exact) mass is 751 g/mol. The van der Waals surface area contributed by atoms with E-state index in [2.05, 4.69) is 254 Å². The topological polar surface area (TPSA) is 3.24 Å². The first-order chi connectivity index (χ1) is 29.2. The highest BCUT2D eigenvalue weighted by Gasteiger charge is 2.15. The summed E-state index contributed by atoms with van der Waals surface area (Å²) in [4.78, 5) is 2.35. The van der Waals surface area contributed by atoms with Crippen molar-refractivity contribution in [3.05, 3.63) is 249 Å². The van der Waals surface area contributed by atoms with Crippen molar-refractivity contribution in [1.29, 1.82) is 0 Å².